The molecule has 0 aliphatic carbocycles. The number of nitrogens with zero attached hydrogens (tertiary/aromatic N) is 1. The van der Waals surface area contributed by atoms with E-state index in [4.69, 9.17) is 4.74 Å². The van der Waals surface area contributed by atoms with Gasteiger partial charge in [-0.25, -0.2) is 0 Å². The predicted octanol–water partition coefficient (Wildman–Crippen LogP) is 1.89. The first-order valence-corrected chi connectivity index (χ1v) is 6.83. The second kappa shape index (κ2) is 4.22. The van der Waals surface area contributed by atoms with Crippen LogP contribution in [0.5, 0.6) is 0 Å². The Hall–Kier alpha value is -0.120. The van der Waals surface area contributed by atoms with Crippen LogP contribution >= 0.6 is 0 Å². The maximum absolute atomic E-state index is 10.4. The Morgan fingerprint density at radius 2 is 1.88 bits per heavy atom. The average molecular weight is 241 g/mol. The van der Waals surface area contributed by atoms with Crippen LogP contribution in [-0.4, -0.2) is 46.9 Å². The summed E-state index contributed by atoms with van der Waals surface area (Å²) in [6.07, 6.45) is 0.918. The average Bonchev–Trinajstić information content (AvgIpc) is 2.62. The van der Waals surface area contributed by atoms with Crippen LogP contribution in [-0.2, 0) is 4.74 Å². The Morgan fingerprint density at radius 1 is 1.24 bits per heavy atom. The summed E-state index contributed by atoms with van der Waals surface area (Å²) in [5, 5.41) is 10.4. The van der Waals surface area contributed by atoms with Crippen LogP contribution in [0.1, 0.15) is 41.0 Å². The summed E-state index contributed by atoms with van der Waals surface area (Å²) in [5.74, 6) is 1.01. The van der Waals surface area contributed by atoms with E-state index in [9.17, 15) is 5.11 Å². The molecule has 2 aliphatic heterocycles. The van der Waals surface area contributed by atoms with Crippen LogP contribution in [0.2, 0.25) is 0 Å². The molecule has 0 spiro atoms. The summed E-state index contributed by atoms with van der Waals surface area (Å²) >= 11 is 0. The first-order valence-electron chi connectivity index (χ1n) is 6.83. The van der Waals surface area contributed by atoms with E-state index in [0.717, 1.165) is 12.5 Å². The van der Waals surface area contributed by atoms with Crippen LogP contribution in [0, 0.1) is 11.8 Å². The SMILES string of the molecule is CC1CCN(CC2C(O)C(C)(C)OC2(C)C)C1. The second-order valence-corrected chi connectivity index (χ2v) is 7.01. The lowest BCUT2D eigenvalue weighted by Crippen LogP contribution is -2.42. The Labute approximate surface area is 105 Å². The van der Waals surface area contributed by atoms with Crippen molar-refractivity contribution in [2.24, 2.45) is 11.8 Å². The van der Waals surface area contributed by atoms with Crippen LogP contribution in [0.15, 0.2) is 0 Å². The van der Waals surface area contributed by atoms with E-state index in [1.807, 2.05) is 13.8 Å². The highest BCUT2D eigenvalue weighted by atomic mass is 16.5. The van der Waals surface area contributed by atoms with E-state index in [2.05, 4.69) is 25.7 Å². The van der Waals surface area contributed by atoms with Crippen molar-refractivity contribution in [3.63, 3.8) is 0 Å². The molecule has 0 saturated carbocycles. The summed E-state index contributed by atoms with van der Waals surface area (Å²) in [4.78, 5) is 2.48. The van der Waals surface area contributed by atoms with Crippen molar-refractivity contribution in [1.82, 2.24) is 4.90 Å². The molecule has 0 aromatic carbocycles. The molecule has 3 heteroatoms. The van der Waals surface area contributed by atoms with Gasteiger partial charge in [-0.1, -0.05) is 6.92 Å². The molecule has 0 amide bonds. The number of hydrogen-bond acceptors (Lipinski definition) is 3. The number of aliphatic hydroxyl groups is 1. The minimum Gasteiger partial charge on any atom is -0.390 e. The molecule has 0 aromatic rings. The van der Waals surface area contributed by atoms with Crippen molar-refractivity contribution >= 4 is 0 Å². The minimum atomic E-state index is -0.417. The number of aliphatic hydroxyl groups excluding tert-OH is 1. The number of hydrogen-bond donors (Lipinski definition) is 1. The molecule has 0 aromatic heterocycles. The van der Waals surface area contributed by atoms with Crippen molar-refractivity contribution in [2.75, 3.05) is 19.6 Å². The Kier molecular flexibility index (Phi) is 3.30. The van der Waals surface area contributed by atoms with Crippen LogP contribution in [0.4, 0.5) is 0 Å². The zero-order valence-corrected chi connectivity index (χ0v) is 11.9. The molecule has 0 radical (unpaired) electrons. The summed E-state index contributed by atoms with van der Waals surface area (Å²) in [6.45, 7) is 13.8. The van der Waals surface area contributed by atoms with Crippen LogP contribution in [0.25, 0.3) is 0 Å². The fourth-order valence-corrected chi connectivity index (χ4v) is 3.47. The molecule has 3 atom stereocenters. The van der Waals surface area contributed by atoms with E-state index >= 15 is 0 Å². The maximum Gasteiger partial charge on any atom is 0.0896 e. The topological polar surface area (TPSA) is 32.7 Å². The van der Waals surface area contributed by atoms with Crippen molar-refractivity contribution in [3.05, 3.63) is 0 Å². The Bertz CT molecular complexity index is 288. The molecule has 2 saturated heterocycles. The molecule has 2 fully saturated rings. The molecular weight excluding hydrogens is 214 g/mol. The third-order valence-electron chi connectivity index (χ3n) is 4.48. The second-order valence-electron chi connectivity index (χ2n) is 7.01. The van der Waals surface area contributed by atoms with Gasteiger partial charge in [-0.2, -0.15) is 0 Å². The summed E-state index contributed by atoms with van der Waals surface area (Å²) in [5.41, 5.74) is -0.645. The van der Waals surface area contributed by atoms with Crippen molar-refractivity contribution in [3.8, 4) is 0 Å². The van der Waals surface area contributed by atoms with Crippen molar-refractivity contribution in [1.29, 1.82) is 0 Å². The molecule has 1 N–H and O–H groups in total. The quantitative estimate of drug-likeness (QED) is 0.801. The highest BCUT2D eigenvalue weighted by Crippen LogP contribution is 2.42. The molecule has 3 nitrogen and oxygen atoms in total. The Balaban J connectivity index is 2.04. The number of likely N-dealkylation sites (tertiary alicyclic amines) is 1. The minimum absolute atomic E-state index is 0.211. The number of ether oxygens (including phenoxy) is 1. The van der Waals surface area contributed by atoms with Gasteiger partial charge in [0.05, 0.1) is 17.3 Å². The summed E-state index contributed by atoms with van der Waals surface area (Å²) in [7, 11) is 0. The van der Waals surface area contributed by atoms with Crippen LogP contribution in [0.3, 0.4) is 0 Å². The summed E-state index contributed by atoms with van der Waals surface area (Å²) in [6, 6.07) is 0. The molecule has 0 bridgehead atoms. The largest absolute Gasteiger partial charge is 0.390 e. The van der Waals surface area contributed by atoms with Gasteiger partial charge < -0.3 is 14.7 Å². The van der Waals surface area contributed by atoms with E-state index in [1.165, 1.54) is 19.5 Å². The lowest BCUT2D eigenvalue weighted by Gasteiger charge is -2.30. The van der Waals surface area contributed by atoms with Crippen LogP contribution < -0.4 is 0 Å². The highest BCUT2D eigenvalue weighted by molar-refractivity contribution is 5.02. The standard InChI is InChI=1S/C14H27NO2/c1-10-6-7-15(8-10)9-11-12(16)14(4,5)17-13(11,2)3/h10-12,16H,6-9H2,1-5H3. The zero-order chi connectivity index (χ0) is 12.8. The molecule has 17 heavy (non-hydrogen) atoms. The lowest BCUT2D eigenvalue weighted by molar-refractivity contribution is -0.0912. The van der Waals surface area contributed by atoms with E-state index < -0.39 is 5.60 Å². The van der Waals surface area contributed by atoms with Crippen molar-refractivity contribution < 1.29 is 9.84 Å². The third-order valence-corrected chi connectivity index (χ3v) is 4.48. The van der Waals surface area contributed by atoms with Gasteiger partial charge in [0.25, 0.3) is 0 Å². The fraction of sp³-hybridized carbons (Fsp3) is 1.00. The summed E-state index contributed by atoms with van der Waals surface area (Å²) < 4.78 is 6.02. The van der Waals surface area contributed by atoms with Gasteiger partial charge >= 0.3 is 0 Å². The lowest BCUT2D eigenvalue weighted by atomic mass is 9.84. The maximum atomic E-state index is 10.4. The molecule has 100 valence electrons. The Morgan fingerprint density at radius 3 is 2.29 bits per heavy atom. The molecule has 2 heterocycles. The van der Waals surface area contributed by atoms with Gasteiger partial charge in [-0.05, 0) is 46.6 Å². The third kappa shape index (κ3) is 2.51. The van der Waals surface area contributed by atoms with Gasteiger partial charge in [-0.3, -0.25) is 0 Å². The van der Waals surface area contributed by atoms with E-state index in [1.54, 1.807) is 0 Å². The van der Waals surface area contributed by atoms with Gasteiger partial charge in [0.1, 0.15) is 0 Å². The number of rotatable bonds is 2. The monoisotopic (exact) mass is 241 g/mol. The first kappa shape index (κ1) is 13.3. The zero-order valence-electron chi connectivity index (χ0n) is 11.9. The van der Waals surface area contributed by atoms with Gasteiger partial charge in [0.15, 0.2) is 0 Å². The van der Waals surface area contributed by atoms with E-state index in [0.29, 0.717) is 0 Å². The van der Waals surface area contributed by atoms with Crippen molar-refractivity contribution in [2.45, 2.75) is 58.3 Å². The van der Waals surface area contributed by atoms with Gasteiger partial charge in [0.2, 0.25) is 0 Å². The fourth-order valence-electron chi connectivity index (χ4n) is 3.47. The van der Waals surface area contributed by atoms with E-state index in [-0.39, 0.29) is 17.6 Å². The highest BCUT2D eigenvalue weighted by Gasteiger charge is 2.53. The molecule has 2 aliphatic rings. The normalized spacial score (nSPS) is 40.9. The first-order chi connectivity index (χ1) is 7.72. The smallest absolute Gasteiger partial charge is 0.0896 e. The molecule has 2 rings (SSSR count). The molecular formula is C14H27NO2. The van der Waals surface area contributed by atoms with Gasteiger partial charge in [0, 0.05) is 19.0 Å². The molecule has 3 unspecified atom stereocenters. The van der Waals surface area contributed by atoms with Gasteiger partial charge in [-0.15, -0.1) is 0 Å². The predicted molar refractivity (Wildman–Crippen MR) is 69.0 cm³/mol.